The molecule has 2 aliphatic rings. The summed E-state index contributed by atoms with van der Waals surface area (Å²) in [6.45, 7) is 2.67. The Bertz CT molecular complexity index is 921. The number of rotatable bonds is 3. The number of amides is 3. The summed E-state index contributed by atoms with van der Waals surface area (Å²) in [7, 11) is 0. The summed E-state index contributed by atoms with van der Waals surface area (Å²) >= 11 is 0. The Morgan fingerprint density at radius 3 is 2.65 bits per heavy atom. The number of hydrogen-bond donors (Lipinski definition) is 2. The van der Waals surface area contributed by atoms with E-state index in [4.69, 9.17) is 0 Å². The zero-order valence-corrected chi connectivity index (χ0v) is 14.3. The molecule has 6 heteroatoms. The van der Waals surface area contributed by atoms with E-state index in [2.05, 4.69) is 10.6 Å². The highest BCUT2D eigenvalue weighted by Crippen LogP contribution is 2.33. The van der Waals surface area contributed by atoms with Crippen LogP contribution in [0.15, 0.2) is 59.8 Å². The van der Waals surface area contributed by atoms with Gasteiger partial charge in [-0.2, -0.15) is 0 Å². The van der Waals surface area contributed by atoms with Crippen molar-refractivity contribution < 1.29 is 14.0 Å². The van der Waals surface area contributed by atoms with Gasteiger partial charge in [0.2, 0.25) is 0 Å². The quantitative estimate of drug-likeness (QED) is 0.893. The second kappa shape index (κ2) is 6.29. The molecule has 2 aromatic carbocycles. The van der Waals surface area contributed by atoms with E-state index in [1.807, 2.05) is 31.2 Å². The number of nitrogens with zero attached hydrogens (tertiary/aromatic N) is 1. The predicted molar refractivity (Wildman–Crippen MR) is 94.4 cm³/mol. The van der Waals surface area contributed by atoms with E-state index in [9.17, 15) is 14.0 Å². The molecule has 2 N–H and O–H groups in total. The fraction of sp³-hybridized carbons (Fsp3) is 0.200. The zero-order chi connectivity index (χ0) is 18.3. The summed E-state index contributed by atoms with van der Waals surface area (Å²) in [5, 5.41) is 5.60. The minimum atomic E-state index is -0.468. The Kier molecular flexibility index (Phi) is 3.95. The Hall–Kier alpha value is -3.15. The van der Waals surface area contributed by atoms with E-state index >= 15 is 0 Å². The van der Waals surface area contributed by atoms with Gasteiger partial charge in [0.25, 0.3) is 5.91 Å². The molecule has 26 heavy (non-hydrogen) atoms. The number of halogens is 1. The average molecular weight is 351 g/mol. The third kappa shape index (κ3) is 2.94. The SMILES string of the molecule is Cc1cccc([C@@H]2NC(=O)NC3=C2C(=O)N(Cc2ccc(F)cc2)C3)c1. The van der Waals surface area contributed by atoms with E-state index in [1.54, 1.807) is 17.0 Å². The van der Waals surface area contributed by atoms with Crippen LogP contribution in [0.2, 0.25) is 0 Å². The van der Waals surface area contributed by atoms with Crippen LogP contribution in [-0.4, -0.2) is 23.4 Å². The molecule has 0 bridgehead atoms. The summed E-state index contributed by atoms with van der Waals surface area (Å²) in [6, 6.07) is 13.1. The molecular weight excluding hydrogens is 333 g/mol. The summed E-state index contributed by atoms with van der Waals surface area (Å²) in [4.78, 5) is 26.7. The van der Waals surface area contributed by atoms with Gasteiger partial charge in [0.05, 0.1) is 23.9 Å². The third-order valence-electron chi connectivity index (χ3n) is 4.68. The van der Waals surface area contributed by atoms with Gasteiger partial charge in [-0.15, -0.1) is 0 Å². The molecule has 132 valence electrons. The first kappa shape index (κ1) is 16.3. The van der Waals surface area contributed by atoms with Crippen molar-refractivity contribution in [1.82, 2.24) is 15.5 Å². The summed E-state index contributed by atoms with van der Waals surface area (Å²) < 4.78 is 13.1. The number of hydrogen-bond acceptors (Lipinski definition) is 2. The van der Waals surface area contributed by atoms with Crippen LogP contribution < -0.4 is 10.6 Å². The van der Waals surface area contributed by atoms with Crippen molar-refractivity contribution in [2.75, 3.05) is 6.54 Å². The first-order valence-electron chi connectivity index (χ1n) is 8.42. The van der Waals surface area contributed by atoms with Crippen LogP contribution in [-0.2, 0) is 11.3 Å². The van der Waals surface area contributed by atoms with Crippen molar-refractivity contribution in [3.8, 4) is 0 Å². The van der Waals surface area contributed by atoms with Gasteiger partial charge < -0.3 is 15.5 Å². The van der Waals surface area contributed by atoms with Crippen LogP contribution in [0.5, 0.6) is 0 Å². The summed E-state index contributed by atoms with van der Waals surface area (Å²) in [5.74, 6) is -0.432. The van der Waals surface area contributed by atoms with Crippen LogP contribution in [0.25, 0.3) is 0 Å². The number of aryl methyl sites for hydroxylation is 1. The number of urea groups is 1. The summed E-state index contributed by atoms with van der Waals surface area (Å²) in [5.41, 5.74) is 3.98. The van der Waals surface area contributed by atoms with Crippen LogP contribution >= 0.6 is 0 Å². The standard InChI is InChI=1S/C20H18FN3O2/c1-12-3-2-4-14(9-12)18-17-16(22-20(26)23-18)11-24(19(17)25)10-13-5-7-15(21)8-6-13/h2-9,18H,10-11H2,1H3,(H2,22,23,26)/t18-/m0/s1. The molecule has 4 rings (SSSR count). The number of nitrogens with one attached hydrogen (secondary N) is 2. The lowest BCUT2D eigenvalue weighted by Gasteiger charge is -2.25. The van der Waals surface area contributed by atoms with Gasteiger partial charge in [0.1, 0.15) is 5.82 Å². The Labute approximate surface area is 150 Å². The van der Waals surface area contributed by atoms with Gasteiger partial charge in [-0.05, 0) is 30.2 Å². The molecule has 2 aliphatic heterocycles. The molecule has 0 fully saturated rings. The van der Waals surface area contributed by atoms with Crippen molar-refractivity contribution in [2.45, 2.75) is 19.5 Å². The first-order valence-corrected chi connectivity index (χ1v) is 8.42. The van der Waals surface area contributed by atoms with Gasteiger partial charge in [-0.1, -0.05) is 42.0 Å². The van der Waals surface area contributed by atoms with E-state index in [0.717, 1.165) is 16.7 Å². The normalized spacial score (nSPS) is 19.3. The molecule has 0 saturated heterocycles. The molecule has 0 aromatic heterocycles. The molecule has 2 aromatic rings. The topological polar surface area (TPSA) is 61.4 Å². The predicted octanol–water partition coefficient (Wildman–Crippen LogP) is 2.78. The molecule has 0 spiro atoms. The van der Waals surface area contributed by atoms with Gasteiger partial charge >= 0.3 is 6.03 Å². The van der Waals surface area contributed by atoms with Crippen molar-refractivity contribution >= 4 is 11.9 Å². The maximum absolute atomic E-state index is 13.1. The van der Waals surface area contributed by atoms with Gasteiger partial charge in [-0.25, -0.2) is 9.18 Å². The highest BCUT2D eigenvalue weighted by atomic mass is 19.1. The smallest absolute Gasteiger partial charge is 0.319 e. The first-order chi connectivity index (χ1) is 12.5. The van der Waals surface area contributed by atoms with Crippen LogP contribution in [0.1, 0.15) is 22.7 Å². The van der Waals surface area contributed by atoms with Gasteiger partial charge in [0, 0.05) is 6.54 Å². The number of carbonyl (C=O) groups is 2. The fourth-order valence-electron chi connectivity index (χ4n) is 3.47. The molecule has 0 radical (unpaired) electrons. The number of carbonyl (C=O) groups excluding carboxylic acids is 2. The highest BCUT2D eigenvalue weighted by molar-refractivity contribution is 6.01. The van der Waals surface area contributed by atoms with Gasteiger partial charge in [-0.3, -0.25) is 4.79 Å². The maximum atomic E-state index is 13.1. The molecule has 1 atom stereocenters. The van der Waals surface area contributed by atoms with Crippen LogP contribution in [0.4, 0.5) is 9.18 Å². The van der Waals surface area contributed by atoms with Crippen LogP contribution in [0, 0.1) is 12.7 Å². The molecule has 2 heterocycles. The van der Waals surface area contributed by atoms with E-state index < -0.39 is 6.04 Å². The Morgan fingerprint density at radius 2 is 1.92 bits per heavy atom. The van der Waals surface area contributed by atoms with Crippen molar-refractivity contribution in [3.63, 3.8) is 0 Å². The summed E-state index contributed by atoms with van der Waals surface area (Å²) in [6.07, 6.45) is 0. The Morgan fingerprint density at radius 1 is 1.15 bits per heavy atom. The van der Waals surface area contributed by atoms with Crippen molar-refractivity contribution in [3.05, 3.63) is 82.3 Å². The molecular formula is C20H18FN3O2. The second-order valence-electron chi connectivity index (χ2n) is 6.63. The number of benzene rings is 2. The average Bonchev–Trinajstić information content (AvgIpc) is 2.92. The molecule has 0 unspecified atom stereocenters. The largest absolute Gasteiger partial charge is 0.329 e. The lowest BCUT2D eigenvalue weighted by Crippen LogP contribution is -2.44. The Balaban J connectivity index is 1.62. The lowest BCUT2D eigenvalue weighted by atomic mass is 9.95. The molecule has 0 saturated carbocycles. The minimum Gasteiger partial charge on any atom is -0.329 e. The molecule has 3 amide bonds. The van der Waals surface area contributed by atoms with Crippen LogP contribution in [0.3, 0.4) is 0 Å². The monoisotopic (exact) mass is 351 g/mol. The van der Waals surface area contributed by atoms with Crippen molar-refractivity contribution in [2.24, 2.45) is 0 Å². The van der Waals surface area contributed by atoms with Crippen molar-refractivity contribution in [1.29, 1.82) is 0 Å². The zero-order valence-electron chi connectivity index (χ0n) is 14.3. The van der Waals surface area contributed by atoms with E-state index in [-0.39, 0.29) is 17.8 Å². The fourth-order valence-corrected chi connectivity index (χ4v) is 3.47. The second-order valence-corrected chi connectivity index (χ2v) is 6.63. The minimum absolute atomic E-state index is 0.122. The van der Waals surface area contributed by atoms with Gasteiger partial charge in [0.15, 0.2) is 0 Å². The third-order valence-corrected chi connectivity index (χ3v) is 4.68. The maximum Gasteiger partial charge on any atom is 0.319 e. The highest BCUT2D eigenvalue weighted by Gasteiger charge is 2.40. The molecule has 5 nitrogen and oxygen atoms in total. The molecule has 0 aliphatic carbocycles. The van der Waals surface area contributed by atoms with E-state index in [0.29, 0.717) is 24.4 Å². The van der Waals surface area contributed by atoms with E-state index in [1.165, 1.54) is 12.1 Å². The lowest BCUT2D eigenvalue weighted by molar-refractivity contribution is -0.126.